The third kappa shape index (κ3) is 5.14. The quantitative estimate of drug-likeness (QED) is 0.272. The third-order valence-corrected chi connectivity index (χ3v) is 9.83. The molecule has 2 heteroatoms. The summed E-state index contributed by atoms with van der Waals surface area (Å²) in [6, 6.07) is 33.0. The number of hydrogen-bond acceptors (Lipinski definition) is 2. The molecular formula is C32H30S2. The zero-order valence-corrected chi connectivity index (χ0v) is 21.2. The van der Waals surface area contributed by atoms with Crippen LogP contribution in [0.5, 0.6) is 0 Å². The number of aryl methyl sites for hydroxylation is 8. The minimum absolute atomic E-state index is 1.10. The molecule has 4 aromatic rings. The Bertz CT molecular complexity index is 1180. The van der Waals surface area contributed by atoms with Crippen LogP contribution < -0.4 is 0 Å². The van der Waals surface area contributed by atoms with Gasteiger partial charge in [-0.05, 0) is 108 Å². The van der Waals surface area contributed by atoms with Crippen molar-refractivity contribution in [3.05, 3.63) is 129 Å². The van der Waals surface area contributed by atoms with Crippen LogP contribution in [0.15, 0.2) is 94.7 Å². The minimum atomic E-state index is 1.10. The summed E-state index contributed by atoms with van der Waals surface area (Å²) in [6.07, 6.45) is 8.87. The molecule has 0 aliphatic heterocycles. The number of hydrogen-bond donors (Lipinski definition) is 0. The van der Waals surface area contributed by atoms with Gasteiger partial charge in [0.15, 0.2) is 0 Å². The van der Waals surface area contributed by atoms with Gasteiger partial charge < -0.3 is 0 Å². The molecule has 0 saturated heterocycles. The van der Waals surface area contributed by atoms with Crippen molar-refractivity contribution in [1.29, 1.82) is 0 Å². The van der Waals surface area contributed by atoms with E-state index in [9.17, 15) is 0 Å². The maximum absolute atomic E-state index is 2.46. The molecule has 0 fully saturated rings. The lowest BCUT2D eigenvalue weighted by atomic mass is 9.97. The summed E-state index contributed by atoms with van der Waals surface area (Å²) in [5, 5.41) is 0. The molecule has 0 radical (unpaired) electrons. The van der Waals surface area contributed by atoms with Gasteiger partial charge in [-0.15, -0.1) is 0 Å². The van der Waals surface area contributed by atoms with Crippen molar-refractivity contribution < 1.29 is 0 Å². The Morgan fingerprint density at radius 3 is 1.00 bits per heavy atom. The van der Waals surface area contributed by atoms with Crippen molar-refractivity contribution in [2.45, 2.75) is 61.2 Å². The van der Waals surface area contributed by atoms with Gasteiger partial charge in [0.25, 0.3) is 0 Å². The summed E-state index contributed by atoms with van der Waals surface area (Å²) in [7, 11) is 3.94. The van der Waals surface area contributed by atoms with Crippen molar-refractivity contribution in [3.8, 4) is 0 Å². The monoisotopic (exact) mass is 478 g/mol. The standard InChI is InChI=1S/C32H30S2/c1-5-25-6-2-23(1)9-11-27-15-19-29(17-13-25)31(21-27)33-34-32-22-28-12-10-24-3-7-26(8-4-24)14-18-30(32)20-16-28/h1-8,15-16,19-22H,9-14,17-18H2. The highest BCUT2D eigenvalue weighted by molar-refractivity contribution is 8.76. The topological polar surface area (TPSA) is 0 Å². The van der Waals surface area contributed by atoms with Crippen LogP contribution in [0.25, 0.3) is 0 Å². The highest BCUT2D eigenvalue weighted by Crippen LogP contribution is 2.42. The van der Waals surface area contributed by atoms with Crippen molar-refractivity contribution >= 4 is 21.6 Å². The fourth-order valence-corrected chi connectivity index (χ4v) is 7.65. The van der Waals surface area contributed by atoms with Gasteiger partial charge in [-0.25, -0.2) is 0 Å². The Labute approximate surface area is 211 Å². The molecule has 4 aromatic carbocycles. The summed E-state index contributed by atoms with van der Waals surface area (Å²) < 4.78 is 0. The first-order valence-corrected chi connectivity index (χ1v) is 14.7. The van der Waals surface area contributed by atoms with E-state index < -0.39 is 0 Å². The van der Waals surface area contributed by atoms with Crippen LogP contribution in [-0.4, -0.2) is 0 Å². The van der Waals surface area contributed by atoms with Gasteiger partial charge in [0.2, 0.25) is 0 Å². The first kappa shape index (κ1) is 22.1. The van der Waals surface area contributed by atoms with E-state index in [4.69, 9.17) is 0 Å². The molecule has 0 N–H and O–H groups in total. The molecule has 0 aromatic heterocycles. The van der Waals surface area contributed by atoms with E-state index in [0.29, 0.717) is 0 Å². The van der Waals surface area contributed by atoms with Crippen LogP contribution >= 0.6 is 21.6 Å². The van der Waals surface area contributed by atoms with Crippen LogP contribution in [0.1, 0.15) is 44.5 Å². The van der Waals surface area contributed by atoms with E-state index in [-0.39, 0.29) is 0 Å². The van der Waals surface area contributed by atoms with Crippen LogP contribution in [0, 0.1) is 0 Å². The molecule has 170 valence electrons. The predicted molar refractivity (Wildman–Crippen MR) is 147 cm³/mol. The molecule has 8 bridgehead atoms. The maximum Gasteiger partial charge on any atom is 0.0221 e. The van der Waals surface area contributed by atoms with E-state index in [1.165, 1.54) is 54.3 Å². The van der Waals surface area contributed by atoms with Gasteiger partial charge in [-0.2, -0.15) is 0 Å². The third-order valence-electron chi connectivity index (χ3n) is 7.30. The zero-order valence-electron chi connectivity index (χ0n) is 19.6. The van der Waals surface area contributed by atoms with Crippen molar-refractivity contribution in [3.63, 3.8) is 0 Å². The highest BCUT2D eigenvalue weighted by Gasteiger charge is 2.13. The van der Waals surface area contributed by atoms with E-state index in [0.717, 1.165) is 51.4 Å². The predicted octanol–water partition coefficient (Wildman–Crippen LogP) is 8.25. The molecule has 8 aliphatic rings. The maximum atomic E-state index is 2.46. The van der Waals surface area contributed by atoms with Crippen molar-refractivity contribution in [1.82, 2.24) is 0 Å². The largest absolute Gasteiger partial charge is 0.0588 e. The summed E-state index contributed by atoms with van der Waals surface area (Å²) in [4.78, 5) is 2.90. The molecular weight excluding hydrogens is 448 g/mol. The van der Waals surface area contributed by atoms with Crippen molar-refractivity contribution in [2.24, 2.45) is 0 Å². The Hall–Kier alpha value is -2.42. The van der Waals surface area contributed by atoms with Gasteiger partial charge >= 0.3 is 0 Å². The fraction of sp³-hybridized carbons (Fsp3) is 0.250. The average molecular weight is 479 g/mol. The second-order valence-electron chi connectivity index (χ2n) is 9.68. The Kier molecular flexibility index (Phi) is 6.53. The molecule has 0 saturated carbocycles. The molecule has 0 spiro atoms. The fourth-order valence-electron chi connectivity index (χ4n) is 5.05. The Morgan fingerprint density at radius 1 is 0.324 bits per heavy atom. The molecule has 0 amide bonds. The lowest BCUT2D eigenvalue weighted by Gasteiger charge is -2.16. The second kappa shape index (κ2) is 10.1. The van der Waals surface area contributed by atoms with Crippen LogP contribution in [-0.2, 0) is 51.4 Å². The first-order valence-electron chi connectivity index (χ1n) is 12.5. The summed E-state index contributed by atoms with van der Waals surface area (Å²) >= 11 is 0. The average Bonchev–Trinajstić information content (AvgIpc) is 2.86. The van der Waals surface area contributed by atoms with Gasteiger partial charge in [0.1, 0.15) is 0 Å². The summed E-state index contributed by atoms with van der Waals surface area (Å²) in [5.41, 5.74) is 11.7. The molecule has 0 unspecified atom stereocenters. The van der Waals surface area contributed by atoms with Crippen molar-refractivity contribution in [2.75, 3.05) is 0 Å². The molecule has 12 rings (SSSR count). The lowest BCUT2D eigenvalue weighted by Crippen LogP contribution is -2.00. The molecule has 8 aliphatic carbocycles. The summed E-state index contributed by atoms with van der Waals surface area (Å²) in [5.74, 6) is 0. The van der Waals surface area contributed by atoms with E-state index in [1.807, 2.05) is 21.6 Å². The van der Waals surface area contributed by atoms with E-state index in [2.05, 4.69) is 84.9 Å². The van der Waals surface area contributed by atoms with Gasteiger partial charge in [0, 0.05) is 9.79 Å². The Morgan fingerprint density at radius 2 is 0.618 bits per heavy atom. The van der Waals surface area contributed by atoms with Crippen LogP contribution in [0.3, 0.4) is 0 Å². The highest BCUT2D eigenvalue weighted by atomic mass is 33.1. The minimum Gasteiger partial charge on any atom is -0.0588 e. The summed E-state index contributed by atoms with van der Waals surface area (Å²) in [6.45, 7) is 0. The Balaban J connectivity index is 1.25. The van der Waals surface area contributed by atoms with E-state index >= 15 is 0 Å². The number of rotatable bonds is 3. The van der Waals surface area contributed by atoms with Gasteiger partial charge in [-0.3, -0.25) is 0 Å². The van der Waals surface area contributed by atoms with Crippen LogP contribution in [0.4, 0.5) is 0 Å². The SMILES string of the molecule is c1cc2ccc1CCc1ccc(c(SSc3cc4ccc3CCc3ccc(cc3)CC4)c1)CC2. The van der Waals surface area contributed by atoms with Gasteiger partial charge in [0.05, 0.1) is 0 Å². The van der Waals surface area contributed by atoms with Crippen LogP contribution in [0.2, 0.25) is 0 Å². The molecule has 34 heavy (non-hydrogen) atoms. The zero-order chi connectivity index (χ0) is 22.7. The van der Waals surface area contributed by atoms with Gasteiger partial charge in [-0.1, -0.05) is 94.4 Å². The smallest absolute Gasteiger partial charge is 0.0221 e. The molecule has 0 heterocycles. The second-order valence-corrected chi connectivity index (χ2v) is 11.9. The normalized spacial score (nSPS) is 14.9. The first-order chi connectivity index (χ1) is 16.8. The van der Waals surface area contributed by atoms with E-state index in [1.54, 1.807) is 0 Å². The lowest BCUT2D eigenvalue weighted by molar-refractivity contribution is 0.899. The molecule has 0 atom stereocenters. The number of benzene rings is 4. The molecule has 0 nitrogen and oxygen atoms in total.